The van der Waals surface area contributed by atoms with E-state index in [1.807, 2.05) is 4.90 Å². The van der Waals surface area contributed by atoms with Crippen LogP contribution in [0.5, 0.6) is 0 Å². The lowest BCUT2D eigenvalue weighted by atomic mass is 9.98. The number of carbonyl (C=O) groups excluding carboxylic acids is 1. The maximum absolute atomic E-state index is 12.1. The van der Waals surface area contributed by atoms with E-state index in [2.05, 4.69) is 42.4 Å². The van der Waals surface area contributed by atoms with Crippen LogP contribution >= 0.6 is 0 Å². The molecule has 1 aliphatic heterocycles. The van der Waals surface area contributed by atoms with Gasteiger partial charge in [0.15, 0.2) is 0 Å². The van der Waals surface area contributed by atoms with Crippen molar-refractivity contribution in [3.63, 3.8) is 0 Å². The van der Waals surface area contributed by atoms with Gasteiger partial charge in [0.2, 0.25) is 5.91 Å². The van der Waals surface area contributed by atoms with Crippen molar-refractivity contribution in [3.05, 3.63) is 36.0 Å². The molecule has 1 aromatic carbocycles. The maximum Gasteiger partial charge on any atom is 0.222 e. The molecular formula is C17H22N2O. The standard InChI is InChI=1S/C17H22N2O/c1-2-3-8-17(20)19-10-9-13(12-19)15-11-18-16-7-5-4-6-14(15)16/h4-7,11,13,18H,2-3,8-10,12H2,1H3. The molecule has 1 atom stereocenters. The summed E-state index contributed by atoms with van der Waals surface area (Å²) < 4.78 is 0. The molecule has 1 unspecified atom stereocenters. The van der Waals surface area contributed by atoms with Crippen molar-refractivity contribution in [2.45, 2.75) is 38.5 Å². The fourth-order valence-corrected chi connectivity index (χ4v) is 3.16. The number of fused-ring (bicyclic) bond motifs is 1. The third-order valence-corrected chi connectivity index (χ3v) is 4.35. The van der Waals surface area contributed by atoms with E-state index in [-0.39, 0.29) is 0 Å². The normalized spacial score (nSPS) is 18.9. The molecule has 2 heterocycles. The van der Waals surface area contributed by atoms with Gasteiger partial charge in [0.1, 0.15) is 0 Å². The number of amides is 1. The number of unbranched alkanes of at least 4 members (excludes halogenated alkanes) is 1. The van der Waals surface area contributed by atoms with Gasteiger partial charge in [-0.05, 0) is 24.5 Å². The van der Waals surface area contributed by atoms with E-state index in [4.69, 9.17) is 0 Å². The van der Waals surface area contributed by atoms with Crippen LogP contribution in [0.3, 0.4) is 0 Å². The van der Waals surface area contributed by atoms with Crippen molar-refractivity contribution in [2.24, 2.45) is 0 Å². The summed E-state index contributed by atoms with van der Waals surface area (Å²) in [6, 6.07) is 8.41. The molecular weight excluding hydrogens is 248 g/mol. The van der Waals surface area contributed by atoms with Crippen molar-refractivity contribution in [1.82, 2.24) is 9.88 Å². The topological polar surface area (TPSA) is 36.1 Å². The highest BCUT2D eigenvalue weighted by molar-refractivity contribution is 5.84. The SMILES string of the molecule is CCCCC(=O)N1CCC(c2c[nH]c3ccccc23)C1. The van der Waals surface area contributed by atoms with E-state index in [1.54, 1.807) is 0 Å². The molecule has 1 amide bonds. The monoisotopic (exact) mass is 270 g/mol. The predicted molar refractivity (Wildman–Crippen MR) is 81.8 cm³/mol. The van der Waals surface area contributed by atoms with Gasteiger partial charge >= 0.3 is 0 Å². The lowest BCUT2D eigenvalue weighted by Gasteiger charge is -2.16. The van der Waals surface area contributed by atoms with Crippen LogP contribution in [-0.2, 0) is 4.79 Å². The summed E-state index contributed by atoms with van der Waals surface area (Å²) in [5.41, 5.74) is 2.56. The number of H-pyrrole nitrogens is 1. The zero-order chi connectivity index (χ0) is 13.9. The number of hydrogen-bond acceptors (Lipinski definition) is 1. The summed E-state index contributed by atoms with van der Waals surface area (Å²) in [7, 11) is 0. The van der Waals surface area contributed by atoms with Gasteiger partial charge in [0, 0.05) is 42.5 Å². The Balaban J connectivity index is 1.72. The van der Waals surface area contributed by atoms with Crippen LogP contribution in [0.4, 0.5) is 0 Å². The van der Waals surface area contributed by atoms with Crippen molar-refractivity contribution in [3.8, 4) is 0 Å². The van der Waals surface area contributed by atoms with Gasteiger partial charge < -0.3 is 9.88 Å². The molecule has 1 N–H and O–H groups in total. The molecule has 20 heavy (non-hydrogen) atoms. The third kappa shape index (κ3) is 2.45. The van der Waals surface area contributed by atoms with Crippen LogP contribution in [0.2, 0.25) is 0 Å². The number of aromatic nitrogens is 1. The van der Waals surface area contributed by atoms with Crippen molar-refractivity contribution >= 4 is 16.8 Å². The van der Waals surface area contributed by atoms with Crippen molar-refractivity contribution in [2.75, 3.05) is 13.1 Å². The first-order chi connectivity index (χ1) is 9.79. The summed E-state index contributed by atoms with van der Waals surface area (Å²) in [6.45, 7) is 3.92. The van der Waals surface area contributed by atoms with E-state index < -0.39 is 0 Å². The van der Waals surface area contributed by atoms with Crippen molar-refractivity contribution in [1.29, 1.82) is 0 Å². The van der Waals surface area contributed by atoms with Crippen LogP contribution in [-0.4, -0.2) is 28.9 Å². The first-order valence-corrected chi connectivity index (χ1v) is 7.63. The summed E-state index contributed by atoms with van der Waals surface area (Å²) in [5.74, 6) is 0.811. The third-order valence-electron chi connectivity index (χ3n) is 4.35. The molecule has 3 heteroatoms. The lowest BCUT2D eigenvalue weighted by Crippen LogP contribution is -2.28. The van der Waals surface area contributed by atoms with Crippen LogP contribution in [0.15, 0.2) is 30.5 Å². The highest BCUT2D eigenvalue weighted by Gasteiger charge is 2.28. The highest BCUT2D eigenvalue weighted by Crippen LogP contribution is 2.32. The van der Waals surface area contributed by atoms with E-state index >= 15 is 0 Å². The first-order valence-electron chi connectivity index (χ1n) is 7.63. The summed E-state index contributed by atoms with van der Waals surface area (Å²) in [6.07, 6.45) is 6.00. The van der Waals surface area contributed by atoms with Gasteiger partial charge in [0.05, 0.1) is 0 Å². The summed E-state index contributed by atoms with van der Waals surface area (Å²) in [4.78, 5) is 17.5. The molecule has 1 fully saturated rings. The number of likely N-dealkylation sites (tertiary alicyclic amines) is 1. The Hall–Kier alpha value is -1.77. The Morgan fingerprint density at radius 3 is 3.10 bits per heavy atom. The van der Waals surface area contributed by atoms with E-state index in [0.717, 1.165) is 32.4 Å². The van der Waals surface area contributed by atoms with Crippen LogP contribution in [0.25, 0.3) is 10.9 Å². The number of aromatic amines is 1. The zero-order valence-electron chi connectivity index (χ0n) is 12.1. The van der Waals surface area contributed by atoms with Gasteiger partial charge in [0.25, 0.3) is 0 Å². The second-order valence-corrected chi connectivity index (χ2v) is 5.72. The number of nitrogens with one attached hydrogen (secondary N) is 1. The van der Waals surface area contributed by atoms with Gasteiger partial charge in [-0.3, -0.25) is 4.79 Å². The van der Waals surface area contributed by atoms with Gasteiger partial charge in [-0.15, -0.1) is 0 Å². The number of nitrogens with zero attached hydrogens (tertiary/aromatic N) is 1. The number of carbonyl (C=O) groups is 1. The predicted octanol–water partition coefficient (Wildman–Crippen LogP) is 3.67. The van der Waals surface area contributed by atoms with Gasteiger partial charge in [-0.25, -0.2) is 0 Å². The van der Waals surface area contributed by atoms with Crippen LogP contribution in [0, 0.1) is 0 Å². The zero-order valence-corrected chi connectivity index (χ0v) is 12.1. The lowest BCUT2D eigenvalue weighted by molar-refractivity contribution is -0.130. The number of para-hydroxylation sites is 1. The molecule has 0 aliphatic carbocycles. The second kappa shape index (κ2) is 5.70. The van der Waals surface area contributed by atoms with Gasteiger partial charge in [-0.1, -0.05) is 31.5 Å². The first kappa shape index (κ1) is 13.2. The van der Waals surface area contributed by atoms with E-state index in [0.29, 0.717) is 18.2 Å². The fourth-order valence-electron chi connectivity index (χ4n) is 3.16. The molecule has 2 aromatic rings. The molecule has 0 saturated carbocycles. The Morgan fingerprint density at radius 2 is 2.25 bits per heavy atom. The molecule has 1 saturated heterocycles. The minimum absolute atomic E-state index is 0.328. The molecule has 3 rings (SSSR count). The maximum atomic E-state index is 12.1. The van der Waals surface area contributed by atoms with Crippen molar-refractivity contribution < 1.29 is 4.79 Å². The van der Waals surface area contributed by atoms with Crippen LogP contribution in [0.1, 0.15) is 44.1 Å². The van der Waals surface area contributed by atoms with Gasteiger partial charge in [-0.2, -0.15) is 0 Å². The minimum atomic E-state index is 0.328. The summed E-state index contributed by atoms with van der Waals surface area (Å²) >= 11 is 0. The average Bonchev–Trinajstić information content (AvgIpc) is 3.10. The molecule has 0 bridgehead atoms. The number of benzene rings is 1. The molecule has 0 radical (unpaired) electrons. The number of rotatable bonds is 4. The van der Waals surface area contributed by atoms with E-state index in [1.165, 1.54) is 16.5 Å². The Morgan fingerprint density at radius 1 is 1.40 bits per heavy atom. The molecule has 1 aliphatic rings. The molecule has 3 nitrogen and oxygen atoms in total. The number of hydrogen-bond donors (Lipinski definition) is 1. The average molecular weight is 270 g/mol. The highest BCUT2D eigenvalue weighted by atomic mass is 16.2. The smallest absolute Gasteiger partial charge is 0.222 e. The quantitative estimate of drug-likeness (QED) is 0.904. The van der Waals surface area contributed by atoms with Crippen LogP contribution < -0.4 is 0 Å². The second-order valence-electron chi connectivity index (χ2n) is 5.72. The Bertz CT molecular complexity index is 602. The molecule has 0 spiro atoms. The molecule has 106 valence electrons. The Kier molecular flexibility index (Phi) is 3.77. The molecule has 1 aromatic heterocycles. The summed E-state index contributed by atoms with van der Waals surface area (Å²) in [5, 5.41) is 1.31. The largest absolute Gasteiger partial charge is 0.361 e. The Labute approximate surface area is 120 Å². The minimum Gasteiger partial charge on any atom is -0.361 e. The fraction of sp³-hybridized carbons (Fsp3) is 0.471. The van der Waals surface area contributed by atoms with E-state index in [9.17, 15) is 4.79 Å².